The van der Waals surface area contributed by atoms with Gasteiger partial charge in [0.2, 0.25) is 0 Å². The maximum Gasteiger partial charge on any atom is 0.320 e. The first-order valence-electron chi connectivity index (χ1n) is 6.98. The molecule has 2 fully saturated rings. The van der Waals surface area contributed by atoms with Gasteiger partial charge in [0.15, 0.2) is 0 Å². The van der Waals surface area contributed by atoms with Crippen LogP contribution in [0.1, 0.15) is 20.3 Å². The fourth-order valence-electron chi connectivity index (χ4n) is 2.75. The number of hydrogen-bond acceptors (Lipinski definition) is 4. The normalized spacial score (nSPS) is 31.2. The van der Waals surface area contributed by atoms with Crippen LogP contribution in [0.4, 0.5) is 4.79 Å². The Morgan fingerprint density at radius 3 is 2.45 bits per heavy atom. The minimum atomic E-state index is -0.888. The van der Waals surface area contributed by atoms with E-state index in [2.05, 4.69) is 13.8 Å². The molecule has 0 aromatic carbocycles. The fraction of sp³-hybridized carbons (Fsp3) is 0.846. The molecule has 3 atom stereocenters. The zero-order valence-electron chi connectivity index (χ0n) is 11.9. The smallest absolute Gasteiger partial charge is 0.320 e. The quantitative estimate of drug-likeness (QED) is 0.827. The highest BCUT2D eigenvalue weighted by molar-refractivity contribution is 8.00. The predicted octanol–water partition coefficient (Wildman–Crippen LogP) is 1.11. The number of carbonyl (C=O) groups excluding carboxylic acids is 1. The van der Waals surface area contributed by atoms with Gasteiger partial charge in [-0.1, -0.05) is 13.8 Å². The summed E-state index contributed by atoms with van der Waals surface area (Å²) in [5, 5.41) is 9.70. The molecular formula is C13H22N2O4S. The molecule has 2 amide bonds. The monoisotopic (exact) mass is 302 g/mol. The van der Waals surface area contributed by atoms with E-state index >= 15 is 0 Å². The summed E-state index contributed by atoms with van der Waals surface area (Å²) in [7, 11) is 0. The van der Waals surface area contributed by atoms with Crippen LogP contribution in [0.2, 0.25) is 0 Å². The number of carboxylic acids is 1. The third-order valence-electron chi connectivity index (χ3n) is 3.50. The zero-order chi connectivity index (χ0) is 14.7. The first-order chi connectivity index (χ1) is 9.45. The van der Waals surface area contributed by atoms with Crippen LogP contribution < -0.4 is 0 Å². The largest absolute Gasteiger partial charge is 0.481 e. The molecule has 2 aliphatic rings. The second-order valence-corrected chi connectivity index (χ2v) is 7.36. The number of thioether (sulfide) groups is 1. The molecule has 2 heterocycles. The Hall–Kier alpha value is -0.950. The van der Waals surface area contributed by atoms with Crippen molar-refractivity contribution >= 4 is 23.8 Å². The molecule has 1 N–H and O–H groups in total. The van der Waals surface area contributed by atoms with E-state index < -0.39 is 5.97 Å². The van der Waals surface area contributed by atoms with Gasteiger partial charge in [0.05, 0.1) is 19.1 Å². The van der Waals surface area contributed by atoms with Gasteiger partial charge in [-0.15, -0.1) is 0 Å². The van der Waals surface area contributed by atoms with Crippen molar-refractivity contribution in [1.29, 1.82) is 0 Å². The van der Waals surface area contributed by atoms with Gasteiger partial charge in [0.1, 0.15) is 0 Å². The third-order valence-corrected chi connectivity index (χ3v) is 4.73. The van der Waals surface area contributed by atoms with E-state index in [0.29, 0.717) is 30.2 Å². The molecule has 7 heteroatoms. The van der Waals surface area contributed by atoms with Gasteiger partial charge in [0.25, 0.3) is 0 Å². The van der Waals surface area contributed by atoms with Crippen LogP contribution in [-0.2, 0) is 9.53 Å². The van der Waals surface area contributed by atoms with Crippen molar-refractivity contribution in [2.45, 2.75) is 36.9 Å². The molecular weight excluding hydrogens is 280 g/mol. The fourth-order valence-corrected chi connectivity index (χ4v) is 4.07. The van der Waals surface area contributed by atoms with Crippen molar-refractivity contribution in [1.82, 2.24) is 9.80 Å². The van der Waals surface area contributed by atoms with Crippen LogP contribution in [0.25, 0.3) is 0 Å². The molecule has 0 aromatic rings. The van der Waals surface area contributed by atoms with Gasteiger partial charge >= 0.3 is 12.0 Å². The van der Waals surface area contributed by atoms with Crippen molar-refractivity contribution in [3.63, 3.8) is 0 Å². The van der Waals surface area contributed by atoms with Crippen LogP contribution in [0.3, 0.4) is 0 Å². The van der Waals surface area contributed by atoms with Crippen molar-refractivity contribution in [3.8, 4) is 0 Å². The van der Waals surface area contributed by atoms with Crippen molar-refractivity contribution in [3.05, 3.63) is 0 Å². The number of urea groups is 1. The molecule has 0 aliphatic carbocycles. The van der Waals surface area contributed by atoms with E-state index in [-0.39, 0.29) is 18.6 Å². The number of morpholine rings is 1. The molecule has 114 valence electrons. The molecule has 2 aliphatic heterocycles. The van der Waals surface area contributed by atoms with Crippen LogP contribution in [0.5, 0.6) is 0 Å². The van der Waals surface area contributed by atoms with Gasteiger partial charge in [0, 0.05) is 36.7 Å². The number of nitrogens with zero attached hydrogens (tertiary/aromatic N) is 2. The van der Waals surface area contributed by atoms with Crippen LogP contribution in [-0.4, -0.2) is 76.3 Å². The lowest BCUT2D eigenvalue weighted by molar-refractivity contribution is -0.141. The summed E-state index contributed by atoms with van der Waals surface area (Å²) in [6.07, 6.45) is -0.439. The Bertz CT molecular complexity index is 369. The van der Waals surface area contributed by atoms with Crippen LogP contribution in [0.15, 0.2) is 0 Å². The second-order valence-electron chi connectivity index (χ2n) is 5.48. The highest BCUT2D eigenvalue weighted by atomic mass is 32.2. The molecule has 0 aromatic heterocycles. The number of amides is 2. The molecule has 0 saturated carbocycles. The van der Waals surface area contributed by atoms with E-state index in [4.69, 9.17) is 9.84 Å². The summed E-state index contributed by atoms with van der Waals surface area (Å²) in [6.45, 7) is 7.11. The lowest BCUT2D eigenvalue weighted by Crippen LogP contribution is -2.54. The molecule has 20 heavy (non-hydrogen) atoms. The van der Waals surface area contributed by atoms with Crippen molar-refractivity contribution < 1.29 is 19.4 Å². The number of carbonyl (C=O) groups is 2. The van der Waals surface area contributed by atoms with Gasteiger partial charge < -0.3 is 19.6 Å². The van der Waals surface area contributed by atoms with Gasteiger partial charge in [-0.25, -0.2) is 4.79 Å². The van der Waals surface area contributed by atoms with Crippen molar-refractivity contribution in [2.24, 2.45) is 0 Å². The summed E-state index contributed by atoms with van der Waals surface area (Å²) < 4.78 is 5.40. The van der Waals surface area contributed by atoms with Gasteiger partial charge in [-0.3, -0.25) is 4.79 Å². The lowest BCUT2D eigenvalue weighted by Gasteiger charge is -2.40. The number of carboxylic acid groups (broad SMARTS) is 1. The van der Waals surface area contributed by atoms with E-state index in [1.165, 1.54) is 0 Å². The Kier molecular flexibility index (Phi) is 5.15. The maximum absolute atomic E-state index is 12.5. The number of rotatable bonds is 2. The summed E-state index contributed by atoms with van der Waals surface area (Å²) in [4.78, 5) is 26.9. The second kappa shape index (κ2) is 6.67. The summed E-state index contributed by atoms with van der Waals surface area (Å²) >= 11 is 1.90. The number of aliphatic carboxylic acids is 1. The number of ether oxygens (including phenoxy) is 1. The summed E-state index contributed by atoms with van der Waals surface area (Å²) in [6, 6.07) is 0.0164. The van der Waals surface area contributed by atoms with E-state index in [1.807, 2.05) is 16.7 Å². The standard InChI is InChI=1S/C13H22N2O4S/c1-9-6-15(7-10(2)20-9)13(18)14-3-4-19-11(8-14)5-12(16)17/h9-11H,3-8H2,1-2H3,(H,16,17). The van der Waals surface area contributed by atoms with Crippen molar-refractivity contribution in [2.75, 3.05) is 32.8 Å². The molecule has 3 unspecified atom stereocenters. The number of hydrogen-bond donors (Lipinski definition) is 1. The average Bonchev–Trinajstić information content (AvgIpc) is 2.36. The zero-order valence-corrected chi connectivity index (χ0v) is 12.8. The summed E-state index contributed by atoms with van der Waals surface area (Å²) in [5.41, 5.74) is 0. The Morgan fingerprint density at radius 1 is 1.20 bits per heavy atom. The molecule has 2 rings (SSSR count). The maximum atomic E-state index is 12.5. The highest BCUT2D eigenvalue weighted by Gasteiger charge is 2.32. The Balaban J connectivity index is 1.92. The Morgan fingerprint density at radius 2 is 1.85 bits per heavy atom. The average molecular weight is 302 g/mol. The summed E-state index contributed by atoms with van der Waals surface area (Å²) in [5.74, 6) is -0.888. The Labute approximate surface area is 123 Å². The molecule has 2 saturated heterocycles. The minimum Gasteiger partial charge on any atom is -0.481 e. The molecule has 0 bridgehead atoms. The van der Waals surface area contributed by atoms with Crippen LogP contribution in [0, 0.1) is 0 Å². The lowest BCUT2D eigenvalue weighted by atomic mass is 10.2. The van der Waals surface area contributed by atoms with E-state index in [1.54, 1.807) is 4.90 Å². The minimum absolute atomic E-state index is 0.0164. The SMILES string of the molecule is CC1CN(C(=O)N2CCOC(CC(=O)O)C2)CC(C)S1. The van der Waals surface area contributed by atoms with Crippen LogP contribution >= 0.6 is 11.8 Å². The van der Waals surface area contributed by atoms with Gasteiger partial charge in [-0.2, -0.15) is 11.8 Å². The molecule has 0 spiro atoms. The highest BCUT2D eigenvalue weighted by Crippen LogP contribution is 2.25. The van der Waals surface area contributed by atoms with Gasteiger partial charge in [-0.05, 0) is 0 Å². The predicted molar refractivity (Wildman–Crippen MR) is 77.0 cm³/mol. The topological polar surface area (TPSA) is 70.1 Å². The van der Waals surface area contributed by atoms with E-state index in [9.17, 15) is 9.59 Å². The first kappa shape index (κ1) is 15.4. The third kappa shape index (κ3) is 4.02. The molecule has 6 nitrogen and oxygen atoms in total. The molecule has 0 radical (unpaired) electrons. The first-order valence-corrected chi connectivity index (χ1v) is 7.92. The van der Waals surface area contributed by atoms with E-state index in [0.717, 1.165) is 13.1 Å².